The van der Waals surface area contributed by atoms with Gasteiger partial charge in [0.15, 0.2) is 0 Å². The van der Waals surface area contributed by atoms with E-state index in [0.717, 1.165) is 24.3 Å². The van der Waals surface area contributed by atoms with Gasteiger partial charge in [-0.1, -0.05) is 6.92 Å². The van der Waals surface area contributed by atoms with Crippen molar-refractivity contribution in [2.75, 3.05) is 25.0 Å². The number of hydrogen-bond donors (Lipinski definition) is 1. The number of nitrogens with one attached hydrogen (secondary N) is 1. The van der Waals surface area contributed by atoms with Gasteiger partial charge in [0.2, 0.25) is 0 Å². The molecule has 1 aromatic rings. The fourth-order valence-electron chi connectivity index (χ4n) is 2.65. The lowest BCUT2D eigenvalue weighted by Gasteiger charge is -2.38. The Labute approximate surface area is 126 Å². The van der Waals surface area contributed by atoms with Crippen molar-refractivity contribution >= 4 is 11.6 Å². The first kappa shape index (κ1) is 15.8. The third kappa shape index (κ3) is 3.53. The van der Waals surface area contributed by atoms with Crippen molar-refractivity contribution in [3.05, 3.63) is 23.5 Å². The first-order valence-electron chi connectivity index (χ1n) is 7.69. The lowest BCUT2D eigenvalue weighted by Crippen LogP contribution is -2.51. The summed E-state index contributed by atoms with van der Waals surface area (Å²) in [5.74, 6) is 0.0421. The zero-order valence-electron chi connectivity index (χ0n) is 13.3. The number of nitrogens with zero attached hydrogens (tertiary/aromatic N) is 2. The van der Waals surface area contributed by atoms with Crippen LogP contribution in [-0.4, -0.2) is 47.6 Å². The molecule has 0 aliphatic carbocycles. The summed E-state index contributed by atoms with van der Waals surface area (Å²) in [6.07, 6.45) is 2.66. The molecule has 1 saturated heterocycles. The highest BCUT2D eigenvalue weighted by atomic mass is 16.5. The second kappa shape index (κ2) is 6.89. The Morgan fingerprint density at radius 2 is 2.29 bits per heavy atom. The van der Waals surface area contributed by atoms with Crippen LogP contribution in [0.2, 0.25) is 0 Å². The van der Waals surface area contributed by atoms with E-state index in [1.165, 1.54) is 0 Å². The van der Waals surface area contributed by atoms with E-state index >= 15 is 0 Å². The highest BCUT2D eigenvalue weighted by Crippen LogP contribution is 2.22. The van der Waals surface area contributed by atoms with E-state index in [-0.39, 0.29) is 18.1 Å². The van der Waals surface area contributed by atoms with Crippen molar-refractivity contribution in [3.63, 3.8) is 0 Å². The topological polar surface area (TPSA) is 54.5 Å². The maximum atomic E-state index is 12.9. The zero-order chi connectivity index (χ0) is 15.4. The summed E-state index contributed by atoms with van der Waals surface area (Å²) in [6, 6.07) is 2.08. The van der Waals surface area contributed by atoms with E-state index in [1.54, 1.807) is 6.20 Å². The van der Waals surface area contributed by atoms with E-state index in [1.807, 2.05) is 31.7 Å². The van der Waals surface area contributed by atoms with Gasteiger partial charge < -0.3 is 15.0 Å². The molecular formula is C16H25N3O2. The standard InChI is InChI=1S/C16H25N3O2/c1-5-13-10-21-12(4)9-19(13)16(20)14-8-18-11(3)7-15(14)17-6-2/h7-8,12-13H,5-6,9-10H2,1-4H3,(H,17,18). The molecular weight excluding hydrogens is 266 g/mol. The van der Waals surface area contributed by atoms with Gasteiger partial charge in [0.1, 0.15) is 0 Å². The molecule has 1 N–H and O–H groups in total. The summed E-state index contributed by atoms with van der Waals surface area (Å²) < 4.78 is 5.67. The highest BCUT2D eigenvalue weighted by molar-refractivity contribution is 5.99. The number of ether oxygens (including phenoxy) is 1. The molecule has 1 amide bonds. The van der Waals surface area contributed by atoms with Gasteiger partial charge in [-0.3, -0.25) is 9.78 Å². The predicted octanol–water partition coefficient (Wildman–Crippen LogP) is 2.46. The molecule has 1 aliphatic rings. The molecule has 1 aromatic heterocycles. The van der Waals surface area contributed by atoms with Gasteiger partial charge in [0.05, 0.1) is 30.0 Å². The Bertz CT molecular complexity index is 504. The number of aromatic nitrogens is 1. The molecule has 0 radical (unpaired) electrons. The Morgan fingerprint density at radius 1 is 1.52 bits per heavy atom. The molecule has 0 saturated carbocycles. The number of carbonyl (C=O) groups excluding carboxylic acids is 1. The van der Waals surface area contributed by atoms with Gasteiger partial charge in [0.25, 0.3) is 5.91 Å². The van der Waals surface area contributed by atoms with Gasteiger partial charge >= 0.3 is 0 Å². The number of carbonyl (C=O) groups is 1. The van der Waals surface area contributed by atoms with Gasteiger partial charge in [-0.05, 0) is 33.3 Å². The minimum absolute atomic E-state index is 0.0421. The highest BCUT2D eigenvalue weighted by Gasteiger charge is 2.31. The number of rotatable bonds is 4. The molecule has 0 spiro atoms. The monoisotopic (exact) mass is 291 g/mol. The fraction of sp³-hybridized carbons (Fsp3) is 0.625. The third-order valence-corrected chi connectivity index (χ3v) is 3.84. The van der Waals surface area contributed by atoms with Gasteiger partial charge in [-0.15, -0.1) is 0 Å². The lowest BCUT2D eigenvalue weighted by atomic mass is 10.1. The predicted molar refractivity (Wildman–Crippen MR) is 83.7 cm³/mol. The van der Waals surface area contributed by atoms with Crippen LogP contribution >= 0.6 is 0 Å². The number of amides is 1. The van der Waals surface area contributed by atoms with E-state index in [2.05, 4.69) is 17.2 Å². The van der Waals surface area contributed by atoms with Crippen molar-refractivity contribution in [2.24, 2.45) is 0 Å². The lowest BCUT2D eigenvalue weighted by molar-refractivity contribution is -0.0443. The second-order valence-electron chi connectivity index (χ2n) is 5.57. The molecule has 1 aliphatic heterocycles. The van der Waals surface area contributed by atoms with Crippen LogP contribution in [0.3, 0.4) is 0 Å². The van der Waals surface area contributed by atoms with Gasteiger partial charge in [-0.2, -0.15) is 0 Å². The molecule has 21 heavy (non-hydrogen) atoms. The van der Waals surface area contributed by atoms with Crippen molar-refractivity contribution in [2.45, 2.75) is 46.3 Å². The van der Waals surface area contributed by atoms with Crippen molar-refractivity contribution < 1.29 is 9.53 Å². The van der Waals surface area contributed by atoms with Crippen molar-refractivity contribution in [1.82, 2.24) is 9.88 Å². The van der Waals surface area contributed by atoms with E-state index in [0.29, 0.717) is 18.7 Å². The minimum atomic E-state index is 0.0421. The normalized spacial score (nSPS) is 22.2. The molecule has 5 nitrogen and oxygen atoms in total. The Balaban J connectivity index is 2.29. The molecule has 5 heteroatoms. The van der Waals surface area contributed by atoms with Crippen LogP contribution in [0.5, 0.6) is 0 Å². The molecule has 0 bridgehead atoms. The largest absolute Gasteiger partial charge is 0.385 e. The van der Waals surface area contributed by atoms with Crippen LogP contribution in [0.25, 0.3) is 0 Å². The maximum Gasteiger partial charge on any atom is 0.257 e. The van der Waals surface area contributed by atoms with Crippen molar-refractivity contribution in [3.8, 4) is 0 Å². The Hall–Kier alpha value is -1.62. The molecule has 2 atom stereocenters. The average Bonchev–Trinajstić information content (AvgIpc) is 2.47. The first-order chi connectivity index (χ1) is 10.1. The quantitative estimate of drug-likeness (QED) is 0.926. The van der Waals surface area contributed by atoms with Crippen LogP contribution in [0.15, 0.2) is 12.3 Å². The van der Waals surface area contributed by atoms with Gasteiger partial charge in [-0.25, -0.2) is 0 Å². The summed E-state index contributed by atoms with van der Waals surface area (Å²) in [4.78, 5) is 19.1. The maximum absolute atomic E-state index is 12.9. The molecule has 2 rings (SSSR count). The first-order valence-corrected chi connectivity index (χ1v) is 7.69. The average molecular weight is 291 g/mol. The SMILES string of the molecule is CCNc1cc(C)ncc1C(=O)N1CC(C)OCC1CC. The van der Waals surface area contributed by atoms with Crippen LogP contribution in [0, 0.1) is 6.92 Å². The second-order valence-corrected chi connectivity index (χ2v) is 5.57. The molecule has 2 heterocycles. The van der Waals surface area contributed by atoms with Gasteiger partial charge in [0, 0.05) is 25.0 Å². The molecule has 116 valence electrons. The fourth-order valence-corrected chi connectivity index (χ4v) is 2.65. The summed E-state index contributed by atoms with van der Waals surface area (Å²) in [7, 11) is 0. The number of aryl methyl sites for hydroxylation is 1. The summed E-state index contributed by atoms with van der Waals surface area (Å²) >= 11 is 0. The van der Waals surface area contributed by atoms with E-state index in [9.17, 15) is 4.79 Å². The van der Waals surface area contributed by atoms with Crippen LogP contribution in [0.1, 0.15) is 43.2 Å². The summed E-state index contributed by atoms with van der Waals surface area (Å²) in [5, 5.41) is 3.26. The van der Waals surface area contributed by atoms with E-state index < -0.39 is 0 Å². The Morgan fingerprint density at radius 3 is 2.95 bits per heavy atom. The van der Waals surface area contributed by atoms with Crippen molar-refractivity contribution in [1.29, 1.82) is 0 Å². The molecule has 2 unspecified atom stereocenters. The number of morpholine rings is 1. The van der Waals surface area contributed by atoms with Crippen LogP contribution in [0.4, 0.5) is 5.69 Å². The zero-order valence-corrected chi connectivity index (χ0v) is 13.3. The summed E-state index contributed by atoms with van der Waals surface area (Å²) in [5.41, 5.74) is 2.42. The number of pyridine rings is 1. The van der Waals surface area contributed by atoms with E-state index in [4.69, 9.17) is 4.74 Å². The van der Waals surface area contributed by atoms with Crippen LogP contribution < -0.4 is 5.32 Å². The third-order valence-electron chi connectivity index (χ3n) is 3.84. The Kier molecular flexibility index (Phi) is 5.17. The smallest absolute Gasteiger partial charge is 0.257 e. The van der Waals surface area contributed by atoms with Crippen LogP contribution in [-0.2, 0) is 4.74 Å². The number of anilines is 1. The summed E-state index contributed by atoms with van der Waals surface area (Å²) in [6.45, 7) is 10.1. The molecule has 1 fully saturated rings. The number of hydrogen-bond acceptors (Lipinski definition) is 4. The molecule has 0 aromatic carbocycles. The minimum Gasteiger partial charge on any atom is -0.385 e.